The molecule has 2 heterocycles. The molecule has 0 saturated carbocycles. The summed E-state index contributed by atoms with van der Waals surface area (Å²) in [6.07, 6.45) is 0. The molecule has 3 N–H and O–H groups in total. The van der Waals surface area contributed by atoms with Crippen molar-refractivity contribution in [1.29, 1.82) is 0 Å². The first-order valence-electron chi connectivity index (χ1n) is 6.84. The topological polar surface area (TPSA) is 98.7 Å². The van der Waals surface area contributed by atoms with E-state index in [0.29, 0.717) is 26.9 Å². The van der Waals surface area contributed by atoms with Crippen LogP contribution in [0.4, 0.5) is 5.13 Å². The van der Waals surface area contributed by atoms with Gasteiger partial charge in [0, 0.05) is 28.6 Å². The van der Waals surface area contributed by atoms with Gasteiger partial charge < -0.3 is 11.2 Å². The molecule has 0 aliphatic rings. The van der Waals surface area contributed by atoms with Crippen LogP contribution in [-0.2, 0) is 10.5 Å². The third kappa shape index (κ3) is 3.86. The molecule has 10 heteroatoms. The van der Waals surface area contributed by atoms with Crippen LogP contribution in [0.5, 0.6) is 0 Å². The minimum atomic E-state index is -0.141. The number of nitrogens with zero attached hydrogens (tertiary/aromatic N) is 4. The van der Waals surface area contributed by atoms with Crippen molar-refractivity contribution in [2.45, 2.75) is 17.8 Å². The Balaban J connectivity index is 1.69. The lowest BCUT2D eigenvalue weighted by Gasteiger charge is -2.03. The van der Waals surface area contributed by atoms with Gasteiger partial charge in [0.2, 0.25) is 11.1 Å². The Bertz CT molecular complexity index is 861. The zero-order valence-corrected chi connectivity index (χ0v) is 15.0. The van der Waals surface area contributed by atoms with Crippen LogP contribution in [0.2, 0.25) is 5.02 Å². The standard InChI is InChI=1S/C14H13ClN6OS2/c1-8(22)17-13-18-11(6-23-13)7-24-14-20-19-12(21(14)16)9-2-4-10(15)5-3-9/h2-6H,7,16H2,1H3,(H,17,18,22). The molecule has 1 aromatic carbocycles. The Labute approximate surface area is 151 Å². The second kappa shape index (κ2) is 7.20. The summed E-state index contributed by atoms with van der Waals surface area (Å²) in [5, 5.41) is 14.6. The molecule has 0 saturated heterocycles. The van der Waals surface area contributed by atoms with Gasteiger partial charge in [0.25, 0.3) is 0 Å². The van der Waals surface area contributed by atoms with E-state index in [0.717, 1.165) is 11.3 Å². The van der Waals surface area contributed by atoms with Crippen LogP contribution < -0.4 is 11.2 Å². The average molecular weight is 381 g/mol. The van der Waals surface area contributed by atoms with E-state index in [4.69, 9.17) is 17.4 Å². The van der Waals surface area contributed by atoms with Gasteiger partial charge in [0.1, 0.15) is 0 Å². The monoisotopic (exact) mass is 380 g/mol. The van der Waals surface area contributed by atoms with E-state index in [-0.39, 0.29) is 5.91 Å². The number of anilines is 1. The predicted molar refractivity (Wildman–Crippen MR) is 96.6 cm³/mol. The van der Waals surface area contributed by atoms with E-state index in [9.17, 15) is 4.79 Å². The molecule has 0 atom stereocenters. The van der Waals surface area contributed by atoms with Gasteiger partial charge in [-0.05, 0) is 24.3 Å². The summed E-state index contributed by atoms with van der Waals surface area (Å²) < 4.78 is 1.44. The molecule has 0 aliphatic heterocycles. The van der Waals surface area contributed by atoms with Gasteiger partial charge in [-0.2, -0.15) is 0 Å². The van der Waals surface area contributed by atoms with Gasteiger partial charge >= 0.3 is 0 Å². The molecule has 124 valence electrons. The predicted octanol–water partition coefficient (Wildman–Crippen LogP) is 3.02. The fraction of sp³-hybridized carbons (Fsp3) is 0.143. The molecule has 2 aromatic heterocycles. The first-order valence-corrected chi connectivity index (χ1v) is 9.08. The van der Waals surface area contributed by atoms with Crippen LogP contribution in [0.1, 0.15) is 12.6 Å². The maximum Gasteiger partial charge on any atom is 0.223 e. The first-order chi connectivity index (χ1) is 11.5. The molecule has 0 bridgehead atoms. The molecule has 0 fully saturated rings. The zero-order chi connectivity index (χ0) is 17.1. The highest BCUT2D eigenvalue weighted by atomic mass is 35.5. The largest absolute Gasteiger partial charge is 0.335 e. The summed E-state index contributed by atoms with van der Waals surface area (Å²) in [5.41, 5.74) is 1.67. The molecule has 3 rings (SSSR count). The highest BCUT2D eigenvalue weighted by Gasteiger charge is 2.13. The minimum absolute atomic E-state index is 0.141. The fourth-order valence-electron chi connectivity index (χ4n) is 1.89. The van der Waals surface area contributed by atoms with Crippen LogP contribution in [0, 0.1) is 0 Å². The van der Waals surface area contributed by atoms with Crippen molar-refractivity contribution in [3.63, 3.8) is 0 Å². The Kier molecular flexibility index (Phi) is 5.03. The van der Waals surface area contributed by atoms with Gasteiger partial charge in [-0.15, -0.1) is 21.5 Å². The molecular weight excluding hydrogens is 368 g/mol. The molecular formula is C14H13ClN6OS2. The summed E-state index contributed by atoms with van der Waals surface area (Å²) in [7, 11) is 0. The molecule has 1 amide bonds. The summed E-state index contributed by atoms with van der Waals surface area (Å²) in [5.74, 6) is 7.07. The number of benzene rings is 1. The fourth-order valence-corrected chi connectivity index (χ4v) is 3.63. The number of thioether (sulfide) groups is 1. The number of nitrogen functional groups attached to an aromatic ring is 1. The highest BCUT2D eigenvalue weighted by molar-refractivity contribution is 7.98. The van der Waals surface area contributed by atoms with Crippen LogP contribution in [0.15, 0.2) is 34.8 Å². The van der Waals surface area contributed by atoms with Crippen molar-refractivity contribution < 1.29 is 4.79 Å². The minimum Gasteiger partial charge on any atom is -0.335 e. The van der Waals surface area contributed by atoms with E-state index in [1.54, 1.807) is 12.1 Å². The van der Waals surface area contributed by atoms with Crippen molar-refractivity contribution in [2.75, 3.05) is 11.2 Å². The Morgan fingerprint density at radius 3 is 2.83 bits per heavy atom. The van der Waals surface area contributed by atoms with Crippen molar-refractivity contribution in [1.82, 2.24) is 19.9 Å². The third-order valence-corrected chi connectivity index (χ3v) is 4.99. The number of amides is 1. The first kappa shape index (κ1) is 16.7. The molecule has 7 nitrogen and oxygen atoms in total. The summed E-state index contributed by atoms with van der Waals surface area (Å²) >= 11 is 8.68. The van der Waals surface area contributed by atoms with E-state index in [1.807, 2.05) is 17.5 Å². The lowest BCUT2D eigenvalue weighted by molar-refractivity contribution is -0.114. The van der Waals surface area contributed by atoms with Gasteiger partial charge in [-0.25, -0.2) is 9.66 Å². The van der Waals surface area contributed by atoms with Crippen LogP contribution in [0.3, 0.4) is 0 Å². The third-order valence-electron chi connectivity index (χ3n) is 2.95. The van der Waals surface area contributed by atoms with E-state index < -0.39 is 0 Å². The lowest BCUT2D eigenvalue weighted by Crippen LogP contribution is -2.11. The van der Waals surface area contributed by atoms with Crippen molar-refractivity contribution in [2.24, 2.45) is 0 Å². The number of nitrogens with two attached hydrogens (primary N) is 1. The SMILES string of the molecule is CC(=O)Nc1nc(CSc2nnc(-c3ccc(Cl)cc3)n2N)cs1. The van der Waals surface area contributed by atoms with Gasteiger partial charge in [-0.3, -0.25) is 4.79 Å². The molecule has 0 aliphatic carbocycles. The maximum atomic E-state index is 11.0. The second-order valence-corrected chi connectivity index (χ2v) is 7.03. The number of aromatic nitrogens is 4. The van der Waals surface area contributed by atoms with Crippen molar-refractivity contribution >= 4 is 45.7 Å². The summed E-state index contributed by atoms with van der Waals surface area (Å²) in [4.78, 5) is 15.3. The maximum absolute atomic E-state index is 11.0. The van der Waals surface area contributed by atoms with E-state index in [1.165, 1.54) is 34.7 Å². The number of nitrogens with one attached hydrogen (secondary N) is 1. The molecule has 0 spiro atoms. The summed E-state index contributed by atoms with van der Waals surface area (Å²) in [6, 6.07) is 7.23. The molecule has 24 heavy (non-hydrogen) atoms. The van der Waals surface area contributed by atoms with E-state index >= 15 is 0 Å². The average Bonchev–Trinajstić information content (AvgIpc) is 3.12. The van der Waals surface area contributed by atoms with Crippen LogP contribution in [-0.4, -0.2) is 25.8 Å². The van der Waals surface area contributed by atoms with Crippen molar-refractivity contribution in [3.8, 4) is 11.4 Å². The number of carbonyl (C=O) groups is 1. The second-order valence-electron chi connectivity index (χ2n) is 4.80. The Hall–Kier alpha value is -2.10. The zero-order valence-electron chi connectivity index (χ0n) is 12.6. The molecule has 0 unspecified atom stereocenters. The van der Waals surface area contributed by atoms with Gasteiger partial charge in [0.15, 0.2) is 11.0 Å². The normalized spacial score (nSPS) is 10.8. The van der Waals surface area contributed by atoms with Crippen molar-refractivity contribution in [3.05, 3.63) is 40.4 Å². The lowest BCUT2D eigenvalue weighted by atomic mass is 10.2. The number of hydrogen-bond donors (Lipinski definition) is 2. The molecule has 0 radical (unpaired) electrons. The number of carbonyl (C=O) groups excluding carboxylic acids is 1. The number of hydrogen-bond acceptors (Lipinski definition) is 7. The smallest absolute Gasteiger partial charge is 0.223 e. The van der Waals surface area contributed by atoms with Gasteiger partial charge in [0.05, 0.1) is 5.69 Å². The van der Waals surface area contributed by atoms with Gasteiger partial charge in [-0.1, -0.05) is 23.4 Å². The highest BCUT2D eigenvalue weighted by Crippen LogP contribution is 2.26. The number of halogens is 1. The van der Waals surface area contributed by atoms with E-state index in [2.05, 4.69) is 20.5 Å². The Morgan fingerprint density at radius 2 is 2.12 bits per heavy atom. The number of rotatable bonds is 5. The Morgan fingerprint density at radius 1 is 1.38 bits per heavy atom. The van der Waals surface area contributed by atoms with Crippen LogP contribution >= 0.6 is 34.7 Å². The number of thiazole rings is 1. The summed E-state index contributed by atoms with van der Waals surface area (Å²) in [6.45, 7) is 1.45. The molecule has 3 aromatic rings. The van der Waals surface area contributed by atoms with Crippen LogP contribution in [0.25, 0.3) is 11.4 Å². The quantitative estimate of drug-likeness (QED) is 0.521.